The Bertz CT molecular complexity index is 500. The van der Waals surface area contributed by atoms with Gasteiger partial charge in [-0.2, -0.15) is 11.8 Å². The maximum Gasteiger partial charge on any atom is 0.226 e. The topological polar surface area (TPSA) is 38.3 Å². The lowest BCUT2D eigenvalue weighted by atomic mass is 9.96. The van der Waals surface area contributed by atoms with Gasteiger partial charge in [-0.25, -0.2) is 0 Å². The summed E-state index contributed by atoms with van der Waals surface area (Å²) < 4.78 is 5.69. The number of hydrogen-bond donors (Lipinski definition) is 1. The van der Waals surface area contributed by atoms with E-state index in [1.807, 2.05) is 36.0 Å². The average molecular weight is 319 g/mol. The Labute approximate surface area is 137 Å². The Morgan fingerprint density at radius 2 is 2.05 bits per heavy atom. The molecular weight excluding hydrogens is 294 g/mol. The lowest BCUT2D eigenvalue weighted by molar-refractivity contribution is -0.126. The summed E-state index contributed by atoms with van der Waals surface area (Å²) in [6.45, 7) is 1.27. The van der Waals surface area contributed by atoms with E-state index in [2.05, 4.69) is 5.32 Å². The first-order valence-electron chi connectivity index (χ1n) is 8.43. The Hall–Kier alpha value is -1.16. The standard InChI is InChI=1S/C18H25NO2S/c20-18(19-10-11-22-16-7-2-1-3-8-16)15-12-14-6-4-5-9-17(14)21-13-15/h4-6,9,15-16H,1-3,7-8,10-13H2,(H,19,20). The number of ether oxygens (including phenoxy) is 1. The zero-order valence-corrected chi connectivity index (χ0v) is 13.9. The van der Waals surface area contributed by atoms with E-state index in [1.165, 1.54) is 32.1 Å². The Morgan fingerprint density at radius 3 is 2.91 bits per heavy atom. The van der Waals surface area contributed by atoms with Crippen LogP contribution in [-0.4, -0.2) is 30.1 Å². The summed E-state index contributed by atoms with van der Waals surface area (Å²) in [6, 6.07) is 8.00. The van der Waals surface area contributed by atoms with Crippen LogP contribution in [0.5, 0.6) is 5.75 Å². The summed E-state index contributed by atoms with van der Waals surface area (Å²) >= 11 is 2.03. The van der Waals surface area contributed by atoms with Crippen molar-refractivity contribution in [2.45, 2.75) is 43.8 Å². The fourth-order valence-electron chi connectivity index (χ4n) is 3.27. The van der Waals surface area contributed by atoms with Crippen LogP contribution in [0.3, 0.4) is 0 Å². The van der Waals surface area contributed by atoms with Crippen molar-refractivity contribution in [3.8, 4) is 5.75 Å². The van der Waals surface area contributed by atoms with Gasteiger partial charge in [0.05, 0.1) is 5.92 Å². The lowest BCUT2D eigenvalue weighted by Gasteiger charge is -2.25. The minimum Gasteiger partial charge on any atom is -0.492 e. The Kier molecular flexibility index (Phi) is 5.65. The first kappa shape index (κ1) is 15.7. The van der Waals surface area contributed by atoms with Crippen LogP contribution in [0.1, 0.15) is 37.7 Å². The molecule has 0 radical (unpaired) electrons. The van der Waals surface area contributed by atoms with E-state index in [-0.39, 0.29) is 11.8 Å². The van der Waals surface area contributed by atoms with Crippen molar-refractivity contribution in [1.82, 2.24) is 5.32 Å². The summed E-state index contributed by atoms with van der Waals surface area (Å²) in [6.07, 6.45) is 7.65. The number of thioether (sulfide) groups is 1. The van der Waals surface area contributed by atoms with Crippen molar-refractivity contribution < 1.29 is 9.53 Å². The fourth-order valence-corrected chi connectivity index (χ4v) is 4.49. The third-order valence-electron chi connectivity index (χ3n) is 4.56. The highest BCUT2D eigenvalue weighted by Gasteiger charge is 2.25. The quantitative estimate of drug-likeness (QED) is 0.845. The number of benzene rings is 1. The molecule has 4 heteroatoms. The SMILES string of the molecule is O=C(NCCSC1CCCCC1)C1COc2ccccc2C1. The van der Waals surface area contributed by atoms with Crippen molar-refractivity contribution in [3.05, 3.63) is 29.8 Å². The van der Waals surface area contributed by atoms with Crippen LogP contribution in [0, 0.1) is 5.92 Å². The molecule has 1 atom stereocenters. The van der Waals surface area contributed by atoms with Crippen LogP contribution in [-0.2, 0) is 11.2 Å². The molecule has 0 saturated heterocycles. The highest BCUT2D eigenvalue weighted by atomic mass is 32.2. The zero-order chi connectivity index (χ0) is 15.2. The maximum absolute atomic E-state index is 12.3. The third kappa shape index (κ3) is 4.19. The van der Waals surface area contributed by atoms with E-state index < -0.39 is 0 Å². The van der Waals surface area contributed by atoms with E-state index in [4.69, 9.17) is 4.74 Å². The lowest BCUT2D eigenvalue weighted by Crippen LogP contribution is -2.38. The Balaban J connectivity index is 1.37. The second-order valence-electron chi connectivity index (χ2n) is 6.24. The number of nitrogens with one attached hydrogen (secondary N) is 1. The number of carbonyl (C=O) groups is 1. The molecule has 1 heterocycles. The van der Waals surface area contributed by atoms with E-state index in [9.17, 15) is 4.79 Å². The van der Waals surface area contributed by atoms with Crippen molar-refractivity contribution in [2.75, 3.05) is 18.9 Å². The number of hydrogen-bond acceptors (Lipinski definition) is 3. The van der Waals surface area contributed by atoms with Crippen molar-refractivity contribution >= 4 is 17.7 Å². The monoisotopic (exact) mass is 319 g/mol. The van der Waals surface area contributed by atoms with E-state index in [0.717, 1.165) is 35.3 Å². The molecule has 1 aliphatic heterocycles. The molecule has 1 aliphatic carbocycles. The van der Waals surface area contributed by atoms with Gasteiger partial charge in [-0.05, 0) is 30.9 Å². The molecule has 1 aromatic carbocycles. The van der Waals surface area contributed by atoms with E-state index in [0.29, 0.717) is 6.61 Å². The van der Waals surface area contributed by atoms with E-state index >= 15 is 0 Å². The molecule has 0 bridgehead atoms. The molecule has 0 spiro atoms. The van der Waals surface area contributed by atoms with Gasteiger partial charge in [0.15, 0.2) is 0 Å². The average Bonchev–Trinajstić information content (AvgIpc) is 2.59. The third-order valence-corrected chi connectivity index (χ3v) is 5.94. The first-order chi connectivity index (χ1) is 10.8. The Morgan fingerprint density at radius 1 is 1.23 bits per heavy atom. The fraction of sp³-hybridized carbons (Fsp3) is 0.611. The minimum atomic E-state index is -0.0467. The zero-order valence-electron chi connectivity index (χ0n) is 13.1. The van der Waals surface area contributed by atoms with Gasteiger partial charge in [0.1, 0.15) is 12.4 Å². The summed E-state index contributed by atoms with van der Waals surface area (Å²) in [4.78, 5) is 12.3. The predicted octanol–water partition coefficient (Wildman–Crippen LogP) is 3.42. The molecule has 3 rings (SSSR count). The molecule has 1 aromatic rings. The second kappa shape index (κ2) is 7.91. The molecule has 1 amide bonds. The number of fused-ring (bicyclic) bond motifs is 1. The number of para-hydroxylation sites is 1. The summed E-state index contributed by atoms with van der Waals surface area (Å²) in [5.74, 6) is 2.05. The number of amides is 1. The molecule has 1 saturated carbocycles. The molecule has 0 aromatic heterocycles. The van der Waals surface area contributed by atoms with Crippen molar-refractivity contribution in [3.63, 3.8) is 0 Å². The largest absolute Gasteiger partial charge is 0.492 e. The van der Waals surface area contributed by atoms with Gasteiger partial charge in [0.25, 0.3) is 0 Å². The van der Waals surface area contributed by atoms with Crippen LogP contribution in [0.15, 0.2) is 24.3 Å². The highest BCUT2D eigenvalue weighted by Crippen LogP contribution is 2.28. The molecule has 1 N–H and O–H groups in total. The second-order valence-corrected chi connectivity index (χ2v) is 7.65. The van der Waals surface area contributed by atoms with Gasteiger partial charge < -0.3 is 10.1 Å². The normalized spacial score (nSPS) is 21.7. The van der Waals surface area contributed by atoms with Crippen LogP contribution in [0.2, 0.25) is 0 Å². The molecule has 3 nitrogen and oxygen atoms in total. The molecule has 22 heavy (non-hydrogen) atoms. The van der Waals surface area contributed by atoms with E-state index in [1.54, 1.807) is 0 Å². The van der Waals surface area contributed by atoms with Gasteiger partial charge in [-0.15, -0.1) is 0 Å². The molecule has 2 aliphatic rings. The molecule has 120 valence electrons. The minimum absolute atomic E-state index is 0.0467. The predicted molar refractivity (Wildman–Crippen MR) is 91.5 cm³/mol. The van der Waals surface area contributed by atoms with Crippen LogP contribution in [0.4, 0.5) is 0 Å². The van der Waals surface area contributed by atoms with Crippen LogP contribution < -0.4 is 10.1 Å². The summed E-state index contributed by atoms with van der Waals surface area (Å²) in [5, 5.41) is 3.90. The molecule has 1 unspecified atom stereocenters. The molecule has 1 fully saturated rings. The maximum atomic E-state index is 12.3. The van der Waals surface area contributed by atoms with Crippen molar-refractivity contribution in [2.24, 2.45) is 5.92 Å². The van der Waals surface area contributed by atoms with Gasteiger partial charge in [0, 0.05) is 17.5 Å². The number of carbonyl (C=O) groups excluding carboxylic acids is 1. The van der Waals surface area contributed by atoms with Gasteiger partial charge >= 0.3 is 0 Å². The van der Waals surface area contributed by atoms with Gasteiger partial charge in [-0.3, -0.25) is 4.79 Å². The highest BCUT2D eigenvalue weighted by molar-refractivity contribution is 7.99. The molecular formula is C18H25NO2S. The van der Waals surface area contributed by atoms with Crippen LogP contribution >= 0.6 is 11.8 Å². The van der Waals surface area contributed by atoms with Gasteiger partial charge in [-0.1, -0.05) is 37.5 Å². The smallest absolute Gasteiger partial charge is 0.226 e. The van der Waals surface area contributed by atoms with Crippen molar-refractivity contribution in [1.29, 1.82) is 0 Å². The summed E-state index contributed by atoms with van der Waals surface area (Å²) in [7, 11) is 0. The first-order valence-corrected chi connectivity index (χ1v) is 9.48. The summed E-state index contributed by atoms with van der Waals surface area (Å²) in [5.41, 5.74) is 1.14. The van der Waals surface area contributed by atoms with Crippen LogP contribution in [0.25, 0.3) is 0 Å². The van der Waals surface area contributed by atoms with Gasteiger partial charge in [0.2, 0.25) is 5.91 Å². The number of rotatable bonds is 5.